The highest BCUT2D eigenvalue weighted by atomic mass is 35.5. The molecular weight excluding hydrogens is 364 g/mol. The van der Waals surface area contributed by atoms with E-state index in [0.29, 0.717) is 21.3 Å². The second-order valence-electron chi connectivity index (χ2n) is 5.65. The maximum atomic E-state index is 13.0. The molecule has 0 spiro atoms. The Labute approximate surface area is 145 Å². The Hall–Kier alpha value is -1.71. The van der Waals surface area contributed by atoms with Gasteiger partial charge in [0.1, 0.15) is 0 Å². The van der Waals surface area contributed by atoms with Crippen LogP contribution in [0, 0.1) is 11.8 Å². The van der Waals surface area contributed by atoms with Crippen LogP contribution in [0.15, 0.2) is 12.1 Å². The van der Waals surface area contributed by atoms with Crippen LogP contribution >= 0.6 is 23.7 Å². The summed E-state index contributed by atoms with van der Waals surface area (Å²) in [5.41, 5.74) is 0.475. The predicted octanol–water partition coefficient (Wildman–Crippen LogP) is 2.83. The predicted molar refractivity (Wildman–Crippen MR) is 87.2 cm³/mol. The molecule has 3 heterocycles. The van der Waals surface area contributed by atoms with Gasteiger partial charge in [-0.2, -0.15) is 0 Å². The van der Waals surface area contributed by atoms with Gasteiger partial charge in [0.15, 0.2) is 16.6 Å². The molecule has 2 aliphatic heterocycles. The lowest BCUT2D eigenvalue weighted by Crippen LogP contribution is -2.48. The molecule has 6 nitrogen and oxygen atoms in total. The first-order chi connectivity index (χ1) is 10.9. The molecule has 4 rings (SSSR count). The number of benzene rings is 1. The number of anilines is 1. The van der Waals surface area contributed by atoms with Gasteiger partial charge in [0.25, 0.3) is 0 Å². The molecule has 2 aromatic rings. The minimum atomic E-state index is -3.64. The lowest BCUT2D eigenvalue weighted by molar-refractivity contribution is -0.286. The number of carbonyl (C=O) groups is 1. The average Bonchev–Trinajstić information content (AvgIpc) is 2.90. The van der Waals surface area contributed by atoms with Crippen LogP contribution in [-0.2, 0) is 4.79 Å². The molecule has 2 aliphatic rings. The Kier molecular flexibility index (Phi) is 4.27. The first-order valence-corrected chi connectivity index (χ1v) is 7.95. The summed E-state index contributed by atoms with van der Waals surface area (Å²) in [6, 6.07) is 2.83. The van der Waals surface area contributed by atoms with E-state index in [-0.39, 0.29) is 35.7 Å². The van der Waals surface area contributed by atoms with Crippen LogP contribution in [0.2, 0.25) is 0 Å². The number of nitrogens with zero attached hydrogens (tertiary/aromatic N) is 1. The number of hydrogen-bond donors (Lipinski definition) is 2. The highest BCUT2D eigenvalue weighted by Gasteiger charge is 2.43. The minimum Gasteiger partial charge on any atom is -0.395 e. The molecule has 0 saturated carbocycles. The third-order valence-corrected chi connectivity index (χ3v) is 5.01. The molecule has 1 saturated heterocycles. The van der Waals surface area contributed by atoms with Crippen LogP contribution < -0.4 is 20.1 Å². The molecule has 1 aromatic carbocycles. The van der Waals surface area contributed by atoms with Crippen molar-refractivity contribution in [2.24, 2.45) is 11.8 Å². The summed E-state index contributed by atoms with van der Waals surface area (Å²) >= 11 is 1.21. The number of ether oxygens (including phenoxy) is 2. The highest BCUT2D eigenvalue weighted by Crippen LogP contribution is 2.44. The van der Waals surface area contributed by atoms with Crippen molar-refractivity contribution in [2.75, 3.05) is 18.4 Å². The van der Waals surface area contributed by atoms with Gasteiger partial charge in [0.05, 0.1) is 10.2 Å². The maximum absolute atomic E-state index is 13.0. The first-order valence-electron chi connectivity index (χ1n) is 7.13. The molecule has 1 fully saturated rings. The normalized spacial score (nSPS) is 19.5. The van der Waals surface area contributed by atoms with Gasteiger partial charge in [-0.3, -0.25) is 4.79 Å². The van der Waals surface area contributed by atoms with Gasteiger partial charge in [0.2, 0.25) is 5.91 Å². The number of thiazole rings is 1. The summed E-state index contributed by atoms with van der Waals surface area (Å²) in [7, 11) is 0. The molecule has 130 valence electrons. The number of rotatable bonds is 3. The van der Waals surface area contributed by atoms with Crippen LogP contribution in [0.25, 0.3) is 10.2 Å². The van der Waals surface area contributed by atoms with Crippen LogP contribution in [0.5, 0.6) is 11.5 Å². The number of amides is 1. The zero-order valence-corrected chi connectivity index (χ0v) is 14.1. The van der Waals surface area contributed by atoms with E-state index in [1.54, 1.807) is 0 Å². The van der Waals surface area contributed by atoms with E-state index >= 15 is 0 Å². The van der Waals surface area contributed by atoms with Crippen LogP contribution in [0.3, 0.4) is 0 Å². The third-order valence-electron chi connectivity index (χ3n) is 4.08. The van der Waals surface area contributed by atoms with Crippen molar-refractivity contribution in [3.05, 3.63) is 12.1 Å². The van der Waals surface area contributed by atoms with E-state index < -0.39 is 6.29 Å². The number of nitrogens with one attached hydrogen (secondary N) is 2. The van der Waals surface area contributed by atoms with E-state index in [0.717, 1.165) is 13.1 Å². The van der Waals surface area contributed by atoms with Gasteiger partial charge in [-0.15, -0.1) is 21.2 Å². The minimum absolute atomic E-state index is 0. The van der Waals surface area contributed by atoms with E-state index in [1.807, 2.05) is 6.92 Å². The zero-order chi connectivity index (χ0) is 16.2. The monoisotopic (exact) mass is 377 g/mol. The number of carbonyl (C=O) groups excluding carboxylic acids is 1. The summed E-state index contributed by atoms with van der Waals surface area (Å²) in [6.45, 7) is 3.56. The third kappa shape index (κ3) is 2.99. The lowest BCUT2D eigenvalue weighted by Gasteiger charge is -2.31. The first kappa shape index (κ1) is 17.1. The number of fused-ring (bicyclic) bond motifs is 2. The highest BCUT2D eigenvalue weighted by molar-refractivity contribution is 7.22. The van der Waals surface area contributed by atoms with E-state index in [4.69, 9.17) is 0 Å². The van der Waals surface area contributed by atoms with Gasteiger partial charge in [-0.05, 0) is 19.0 Å². The summed E-state index contributed by atoms with van der Waals surface area (Å²) in [5, 5.41) is 6.34. The van der Waals surface area contributed by atoms with Crippen LogP contribution in [-0.4, -0.2) is 30.3 Å². The van der Waals surface area contributed by atoms with Gasteiger partial charge in [-0.1, -0.05) is 18.3 Å². The molecule has 0 bridgehead atoms. The maximum Gasteiger partial charge on any atom is 0.586 e. The summed E-state index contributed by atoms with van der Waals surface area (Å²) in [6.07, 6.45) is -3.64. The molecule has 10 heteroatoms. The zero-order valence-electron chi connectivity index (χ0n) is 12.5. The number of aromatic nitrogens is 1. The van der Waals surface area contributed by atoms with Gasteiger partial charge in [0, 0.05) is 18.1 Å². The number of hydrogen-bond acceptors (Lipinski definition) is 6. The molecule has 2 N–H and O–H groups in total. The molecule has 1 unspecified atom stereocenters. The van der Waals surface area contributed by atoms with Gasteiger partial charge < -0.3 is 20.1 Å². The van der Waals surface area contributed by atoms with Crippen molar-refractivity contribution >= 4 is 45.0 Å². The van der Waals surface area contributed by atoms with E-state index in [2.05, 4.69) is 25.1 Å². The molecule has 0 aliphatic carbocycles. The second kappa shape index (κ2) is 5.98. The standard InChI is InChI=1S/C14H13F2N3O3S.ClH/c1-6(7-4-17-5-7)12(20)19-13-18-8-2-9-10(3-11(8)23-13)22-14(15,16)21-9;/h2-3,6-7,17H,4-5H2,1H3,(H,18,19,20);1H. The van der Waals surface area contributed by atoms with E-state index in [1.165, 1.54) is 23.5 Å². The molecule has 0 radical (unpaired) electrons. The average molecular weight is 378 g/mol. The Balaban J connectivity index is 0.00000169. The summed E-state index contributed by atoms with van der Waals surface area (Å²) < 4.78 is 35.5. The lowest BCUT2D eigenvalue weighted by atomic mass is 9.88. The van der Waals surface area contributed by atoms with Gasteiger partial charge in [-0.25, -0.2) is 4.98 Å². The molecule has 24 heavy (non-hydrogen) atoms. The number of halogens is 3. The Morgan fingerprint density at radius 3 is 2.71 bits per heavy atom. The second-order valence-corrected chi connectivity index (χ2v) is 6.68. The molecular formula is C14H14ClF2N3O3S. The van der Waals surface area contributed by atoms with Crippen molar-refractivity contribution in [1.29, 1.82) is 0 Å². The van der Waals surface area contributed by atoms with Crippen LogP contribution in [0.1, 0.15) is 6.92 Å². The fourth-order valence-corrected chi connectivity index (χ4v) is 3.40. The summed E-state index contributed by atoms with van der Waals surface area (Å²) in [5.74, 6) is 0.0375. The van der Waals surface area contributed by atoms with Crippen molar-refractivity contribution in [3.63, 3.8) is 0 Å². The Morgan fingerprint density at radius 2 is 2.08 bits per heavy atom. The molecule has 1 amide bonds. The Bertz CT molecular complexity index is 752. The quantitative estimate of drug-likeness (QED) is 0.860. The van der Waals surface area contributed by atoms with Crippen molar-refractivity contribution in [1.82, 2.24) is 10.3 Å². The van der Waals surface area contributed by atoms with Gasteiger partial charge >= 0.3 is 6.29 Å². The smallest absolute Gasteiger partial charge is 0.395 e. The molecule has 1 atom stereocenters. The SMILES string of the molecule is CC(C(=O)Nc1nc2cc3c(cc2s1)OC(F)(F)O3)C1CNC1.Cl. The van der Waals surface area contributed by atoms with Crippen molar-refractivity contribution < 1.29 is 23.0 Å². The molecule has 1 aromatic heterocycles. The largest absolute Gasteiger partial charge is 0.586 e. The number of alkyl halides is 2. The van der Waals surface area contributed by atoms with E-state index in [9.17, 15) is 13.6 Å². The fraction of sp³-hybridized carbons (Fsp3) is 0.429. The topological polar surface area (TPSA) is 72.5 Å². The van der Waals surface area contributed by atoms with Crippen LogP contribution in [0.4, 0.5) is 13.9 Å². The fourth-order valence-electron chi connectivity index (χ4n) is 2.52. The Morgan fingerprint density at radius 1 is 1.42 bits per heavy atom. The van der Waals surface area contributed by atoms with Crippen molar-refractivity contribution in [2.45, 2.75) is 13.2 Å². The van der Waals surface area contributed by atoms with Crippen molar-refractivity contribution in [3.8, 4) is 11.5 Å². The summed E-state index contributed by atoms with van der Waals surface area (Å²) in [4.78, 5) is 16.4.